The van der Waals surface area contributed by atoms with Crippen molar-refractivity contribution in [3.8, 4) is 0 Å². The Morgan fingerprint density at radius 3 is 2.41 bits per heavy atom. The van der Waals surface area contributed by atoms with Crippen molar-refractivity contribution >= 4 is 21.5 Å². The van der Waals surface area contributed by atoms with E-state index >= 15 is 0 Å². The standard InChI is InChI=1S/C24H19N3/c25-27-26-23-15-19(16-6-2-1-3-7-16)14-18-11-12-21-20-9-5-4-8-17(20)10-13-22(21)24(18)23/h1-13,19,23H,14-15H2. The zero-order chi connectivity index (χ0) is 18.2. The number of benzene rings is 4. The predicted octanol–water partition coefficient (Wildman–Crippen LogP) is 7.07. The van der Waals surface area contributed by atoms with Gasteiger partial charge in [0.1, 0.15) is 0 Å². The van der Waals surface area contributed by atoms with E-state index in [4.69, 9.17) is 0 Å². The van der Waals surface area contributed by atoms with Crippen LogP contribution in [0, 0.1) is 0 Å². The second kappa shape index (κ2) is 6.46. The normalized spacial score (nSPS) is 18.8. The van der Waals surface area contributed by atoms with Gasteiger partial charge in [-0.15, -0.1) is 0 Å². The van der Waals surface area contributed by atoms with Crippen LogP contribution in [0.1, 0.15) is 35.1 Å². The molecular formula is C24H19N3. The first-order valence-corrected chi connectivity index (χ1v) is 9.37. The van der Waals surface area contributed by atoms with Crippen LogP contribution in [0.3, 0.4) is 0 Å². The van der Waals surface area contributed by atoms with E-state index in [9.17, 15) is 5.53 Å². The van der Waals surface area contributed by atoms with E-state index in [-0.39, 0.29) is 6.04 Å². The summed E-state index contributed by atoms with van der Waals surface area (Å²) in [5, 5.41) is 9.16. The Kier molecular flexibility index (Phi) is 3.81. The molecule has 0 amide bonds. The molecule has 4 aromatic rings. The van der Waals surface area contributed by atoms with Gasteiger partial charge >= 0.3 is 0 Å². The molecule has 0 heterocycles. The maximum Gasteiger partial charge on any atom is 0.0640 e. The van der Waals surface area contributed by atoms with Crippen LogP contribution in [-0.2, 0) is 6.42 Å². The van der Waals surface area contributed by atoms with E-state index in [1.165, 1.54) is 38.2 Å². The van der Waals surface area contributed by atoms with E-state index in [0.29, 0.717) is 5.92 Å². The average molecular weight is 349 g/mol. The molecule has 5 rings (SSSR count). The highest BCUT2D eigenvalue weighted by molar-refractivity contribution is 6.08. The van der Waals surface area contributed by atoms with Gasteiger partial charge in [-0.3, -0.25) is 0 Å². The first kappa shape index (κ1) is 15.9. The average Bonchev–Trinajstić information content (AvgIpc) is 2.73. The van der Waals surface area contributed by atoms with Gasteiger partial charge in [0.2, 0.25) is 0 Å². The summed E-state index contributed by atoms with van der Waals surface area (Å²) >= 11 is 0. The van der Waals surface area contributed by atoms with Gasteiger partial charge in [-0.25, -0.2) is 0 Å². The topological polar surface area (TPSA) is 48.8 Å². The van der Waals surface area contributed by atoms with Crippen molar-refractivity contribution in [3.63, 3.8) is 0 Å². The highest BCUT2D eigenvalue weighted by atomic mass is 15.1. The molecule has 3 heteroatoms. The number of nitrogens with zero attached hydrogens (tertiary/aromatic N) is 3. The van der Waals surface area contributed by atoms with E-state index in [2.05, 4.69) is 82.8 Å². The van der Waals surface area contributed by atoms with Gasteiger partial charge in [0.05, 0.1) is 6.04 Å². The number of hydrogen-bond donors (Lipinski definition) is 0. The maximum absolute atomic E-state index is 9.20. The smallest absolute Gasteiger partial charge is 0.0640 e. The van der Waals surface area contributed by atoms with Crippen LogP contribution < -0.4 is 0 Å². The van der Waals surface area contributed by atoms with Crippen molar-refractivity contribution < 1.29 is 0 Å². The molecule has 0 saturated heterocycles. The third-order valence-corrected chi connectivity index (χ3v) is 5.83. The van der Waals surface area contributed by atoms with Gasteiger partial charge in [-0.1, -0.05) is 84.0 Å². The summed E-state index contributed by atoms with van der Waals surface area (Å²) in [6.45, 7) is 0. The number of fused-ring (bicyclic) bond motifs is 5. The molecule has 3 nitrogen and oxygen atoms in total. The minimum Gasteiger partial charge on any atom is -0.0859 e. The first-order chi connectivity index (χ1) is 13.3. The van der Waals surface area contributed by atoms with Gasteiger partial charge in [0.15, 0.2) is 0 Å². The number of hydrogen-bond acceptors (Lipinski definition) is 1. The molecule has 0 bridgehead atoms. The number of rotatable bonds is 2. The maximum atomic E-state index is 9.20. The lowest BCUT2D eigenvalue weighted by molar-refractivity contribution is 0.505. The fourth-order valence-electron chi connectivity index (χ4n) is 4.61. The Labute approximate surface area is 157 Å². The third kappa shape index (κ3) is 2.64. The van der Waals surface area contributed by atoms with Crippen LogP contribution in [-0.4, -0.2) is 0 Å². The van der Waals surface area contributed by atoms with E-state index < -0.39 is 0 Å². The summed E-state index contributed by atoms with van der Waals surface area (Å²) in [4.78, 5) is 3.18. The molecule has 4 aromatic carbocycles. The molecule has 0 radical (unpaired) electrons. The van der Waals surface area contributed by atoms with Crippen molar-refractivity contribution in [1.82, 2.24) is 0 Å². The van der Waals surface area contributed by atoms with Crippen LogP contribution in [0.25, 0.3) is 32.0 Å². The molecule has 27 heavy (non-hydrogen) atoms. The Bertz CT molecular complexity index is 1190. The first-order valence-electron chi connectivity index (χ1n) is 9.37. The summed E-state index contributed by atoms with van der Waals surface area (Å²) in [5.74, 6) is 0.382. The third-order valence-electron chi connectivity index (χ3n) is 5.83. The van der Waals surface area contributed by atoms with Crippen molar-refractivity contribution in [2.24, 2.45) is 5.11 Å². The quantitative estimate of drug-likeness (QED) is 0.161. The largest absolute Gasteiger partial charge is 0.0859 e. The predicted molar refractivity (Wildman–Crippen MR) is 111 cm³/mol. The SMILES string of the molecule is [N-]=[N+]=NC1CC(c2ccccc2)Cc2ccc3c(ccc4ccccc43)c21. The molecule has 0 spiro atoms. The molecule has 0 aromatic heterocycles. The molecule has 0 N–H and O–H groups in total. The van der Waals surface area contributed by atoms with Crippen molar-refractivity contribution in [3.05, 3.63) is 106 Å². The summed E-state index contributed by atoms with van der Waals surface area (Å²) in [7, 11) is 0. The van der Waals surface area contributed by atoms with Crippen LogP contribution in [0.15, 0.2) is 84.0 Å². The molecule has 0 fully saturated rings. The lowest BCUT2D eigenvalue weighted by Crippen LogP contribution is -2.16. The Balaban J connectivity index is 1.72. The van der Waals surface area contributed by atoms with Crippen LogP contribution >= 0.6 is 0 Å². The van der Waals surface area contributed by atoms with Gasteiger partial charge in [0.25, 0.3) is 0 Å². The minimum absolute atomic E-state index is 0.131. The summed E-state index contributed by atoms with van der Waals surface area (Å²) in [6, 6.07) is 27.7. The highest BCUT2D eigenvalue weighted by Gasteiger charge is 2.29. The van der Waals surface area contributed by atoms with Crippen molar-refractivity contribution in [2.75, 3.05) is 0 Å². The number of azide groups is 1. The zero-order valence-electron chi connectivity index (χ0n) is 14.9. The summed E-state index contributed by atoms with van der Waals surface area (Å²) in [5.41, 5.74) is 13.0. The molecular weight excluding hydrogens is 330 g/mol. The summed E-state index contributed by atoms with van der Waals surface area (Å²) in [6.07, 6.45) is 1.84. The monoisotopic (exact) mass is 349 g/mol. The van der Waals surface area contributed by atoms with E-state index in [1.54, 1.807) is 0 Å². The molecule has 2 unspecified atom stereocenters. The van der Waals surface area contributed by atoms with Gasteiger partial charge in [-0.2, -0.15) is 0 Å². The van der Waals surface area contributed by atoms with Gasteiger partial charge in [0, 0.05) is 4.91 Å². The second-order valence-electron chi connectivity index (χ2n) is 7.29. The molecule has 1 aliphatic rings. The van der Waals surface area contributed by atoms with E-state index in [1.807, 2.05) is 6.07 Å². The van der Waals surface area contributed by atoms with E-state index in [0.717, 1.165) is 12.8 Å². The van der Waals surface area contributed by atoms with Crippen LogP contribution in [0.2, 0.25) is 0 Å². The highest BCUT2D eigenvalue weighted by Crippen LogP contribution is 2.44. The van der Waals surface area contributed by atoms with Gasteiger partial charge < -0.3 is 0 Å². The fraction of sp³-hybridized carbons (Fsp3) is 0.167. The molecule has 1 aliphatic carbocycles. The van der Waals surface area contributed by atoms with Gasteiger partial charge in [-0.05, 0) is 62.5 Å². The van der Waals surface area contributed by atoms with Crippen molar-refractivity contribution in [2.45, 2.75) is 24.8 Å². The van der Waals surface area contributed by atoms with Crippen LogP contribution in [0.5, 0.6) is 0 Å². The Morgan fingerprint density at radius 1 is 0.778 bits per heavy atom. The molecule has 0 saturated carbocycles. The van der Waals surface area contributed by atoms with Crippen molar-refractivity contribution in [1.29, 1.82) is 0 Å². The Morgan fingerprint density at radius 2 is 1.56 bits per heavy atom. The molecule has 2 atom stereocenters. The minimum atomic E-state index is -0.131. The fourth-order valence-corrected chi connectivity index (χ4v) is 4.61. The second-order valence-corrected chi connectivity index (χ2v) is 7.29. The molecule has 130 valence electrons. The van der Waals surface area contributed by atoms with Crippen LogP contribution in [0.4, 0.5) is 0 Å². The lowest BCUT2D eigenvalue weighted by Gasteiger charge is -2.31. The Hall–Kier alpha value is -3.29. The zero-order valence-corrected chi connectivity index (χ0v) is 14.9. The summed E-state index contributed by atoms with van der Waals surface area (Å²) < 4.78 is 0. The lowest BCUT2D eigenvalue weighted by atomic mass is 9.76. The molecule has 0 aliphatic heterocycles.